The van der Waals surface area contributed by atoms with Gasteiger partial charge in [0.2, 0.25) is 0 Å². The molecule has 0 fully saturated rings. The van der Waals surface area contributed by atoms with Crippen LogP contribution in [0.2, 0.25) is 0 Å². The molecule has 2 aromatic carbocycles. The minimum absolute atomic E-state index is 0.169. The lowest BCUT2D eigenvalue weighted by atomic mass is 10.1. The van der Waals surface area contributed by atoms with Crippen molar-refractivity contribution in [3.05, 3.63) is 70.6 Å². The first-order valence-corrected chi connectivity index (χ1v) is 8.60. The molecule has 1 N–H and O–H groups in total. The predicted octanol–water partition coefficient (Wildman–Crippen LogP) is 2.75. The van der Waals surface area contributed by atoms with Crippen molar-refractivity contribution in [2.45, 2.75) is 6.42 Å². The van der Waals surface area contributed by atoms with Gasteiger partial charge in [0.05, 0.1) is 16.7 Å². The van der Waals surface area contributed by atoms with Crippen LogP contribution >= 0.6 is 0 Å². The highest BCUT2D eigenvalue weighted by Gasteiger charge is 2.28. The maximum Gasteiger partial charge on any atom is 0.335 e. The monoisotopic (exact) mass is 329 g/mol. The molecule has 0 bridgehead atoms. The zero-order chi connectivity index (χ0) is 16.4. The fraction of sp³-hybridized carbons (Fsp3) is 0.118. The van der Waals surface area contributed by atoms with E-state index < -0.39 is 16.0 Å². The van der Waals surface area contributed by atoms with Crippen molar-refractivity contribution in [2.75, 3.05) is 10.8 Å². The Labute approximate surface area is 134 Å². The summed E-state index contributed by atoms with van der Waals surface area (Å²) in [4.78, 5) is 11.0. The van der Waals surface area contributed by atoms with E-state index in [1.165, 1.54) is 21.8 Å². The van der Waals surface area contributed by atoms with Crippen molar-refractivity contribution >= 4 is 27.8 Å². The van der Waals surface area contributed by atoms with Gasteiger partial charge >= 0.3 is 5.97 Å². The number of fused-ring (bicyclic) bond motifs is 1. The lowest BCUT2D eigenvalue weighted by Crippen LogP contribution is -2.26. The van der Waals surface area contributed by atoms with Crippen LogP contribution in [0.4, 0.5) is 5.69 Å². The van der Waals surface area contributed by atoms with E-state index in [4.69, 9.17) is 5.11 Å². The highest BCUT2D eigenvalue weighted by atomic mass is 32.2. The van der Waals surface area contributed by atoms with E-state index in [1.807, 2.05) is 30.3 Å². The van der Waals surface area contributed by atoms with Crippen molar-refractivity contribution in [3.63, 3.8) is 0 Å². The van der Waals surface area contributed by atoms with E-state index in [2.05, 4.69) is 0 Å². The molecule has 0 aliphatic carbocycles. The van der Waals surface area contributed by atoms with E-state index >= 15 is 0 Å². The number of rotatable bonds is 4. The first-order valence-electron chi connectivity index (χ1n) is 7.09. The van der Waals surface area contributed by atoms with Gasteiger partial charge in [-0.05, 0) is 41.8 Å². The van der Waals surface area contributed by atoms with Gasteiger partial charge in [-0.2, -0.15) is 0 Å². The van der Waals surface area contributed by atoms with Gasteiger partial charge in [0, 0.05) is 6.54 Å². The molecule has 23 heavy (non-hydrogen) atoms. The molecule has 0 spiro atoms. The number of carbonyl (C=O) groups is 1. The van der Waals surface area contributed by atoms with Gasteiger partial charge in [-0.3, -0.25) is 4.31 Å². The van der Waals surface area contributed by atoms with Crippen LogP contribution in [0.15, 0.2) is 53.9 Å². The molecule has 5 nitrogen and oxygen atoms in total. The summed E-state index contributed by atoms with van der Waals surface area (Å²) >= 11 is 0. The average molecular weight is 329 g/mol. The molecule has 118 valence electrons. The molecule has 0 aromatic heterocycles. The maximum atomic E-state index is 12.5. The molecule has 3 rings (SSSR count). The molecule has 6 heteroatoms. The summed E-state index contributed by atoms with van der Waals surface area (Å²) in [5.74, 6) is -1.02. The second kappa shape index (κ2) is 5.89. The van der Waals surface area contributed by atoms with E-state index in [-0.39, 0.29) is 5.56 Å². The lowest BCUT2D eigenvalue weighted by Gasteiger charge is -2.17. The van der Waals surface area contributed by atoms with Gasteiger partial charge in [0.25, 0.3) is 10.0 Å². The van der Waals surface area contributed by atoms with Gasteiger partial charge in [0.1, 0.15) is 0 Å². The predicted molar refractivity (Wildman–Crippen MR) is 88.8 cm³/mol. The molecule has 1 heterocycles. The van der Waals surface area contributed by atoms with Crippen LogP contribution in [-0.2, 0) is 16.4 Å². The Balaban J connectivity index is 1.89. The summed E-state index contributed by atoms with van der Waals surface area (Å²) in [5, 5.41) is 10.2. The Bertz CT molecular complexity index is 873. The minimum atomic E-state index is -3.60. The first-order chi connectivity index (χ1) is 11.0. The van der Waals surface area contributed by atoms with Crippen LogP contribution in [0.1, 0.15) is 21.5 Å². The summed E-state index contributed by atoms with van der Waals surface area (Å²) in [6.45, 7) is 0.319. The second-order valence-electron chi connectivity index (χ2n) is 5.23. The van der Waals surface area contributed by atoms with Gasteiger partial charge in [-0.25, -0.2) is 13.2 Å². The quantitative estimate of drug-likeness (QED) is 0.936. The highest BCUT2D eigenvalue weighted by Crippen LogP contribution is 2.31. The molecule has 0 radical (unpaired) electrons. The maximum absolute atomic E-state index is 12.5. The topological polar surface area (TPSA) is 74.7 Å². The number of benzene rings is 2. The van der Waals surface area contributed by atoms with E-state index in [1.54, 1.807) is 12.1 Å². The van der Waals surface area contributed by atoms with Crippen LogP contribution in [0.5, 0.6) is 0 Å². The SMILES string of the molecule is O=C(O)c1ccc2c(c1)CCN2S(=O)(=O)C=Cc1ccccc1. The van der Waals surface area contributed by atoms with Crippen LogP contribution in [-0.4, -0.2) is 26.0 Å². The fourth-order valence-electron chi connectivity index (χ4n) is 2.57. The van der Waals surface area contributed by atoms with Crippen molar-refractivity contribution in [1.82, 2.24) is 0 Å². The Hall–Kier alpha value is -2.60. The number of carboxylic acid groups (broad SMARTS) is 1. The smallest absolute Gasteiger partial charge is 0.335 e. The van der Waals surface area contributed by atoms with Crippen LogP contribution in [0.25, 0.3) is 6.08 Å². The Morgan fingerprint density at radius 3 is 2.57 bits per heavy atom. The minimum Gasteiger partial charge on any atom is -0.478 e. The summed E-state index contributed by atoms with van der Waals surface area (Å²) in [6.07, 6.45) is 2.06. The molecule has 0 atom stereocenters. The number of hydrogen-bond donors (Lipinski definition) is 1. The largest absolute Gasteiger partial charge is 0.478 e. The van der Waals surface area contributed by atoms with E-state index in [9.17, 15) is 13.2 Å². The molecule has 0 saturated carbocycles. The van der Waals surface area contributed by atoms with Gasteiger partial charge in [0.15, 0.2) is 0 Å². The molecular formula is C17H15NO4S. The van der Waals surface area contributed by atoms with Gasteiger partial charge < -0.3 is 5.11 Å². The number of carboxylic acids is 1. The molecule has 0 amide bonds. The summed E-state index contributed by atoms with van der Waals surface area (Å²) in [7, 11) is -3.60. The zero-order valence-corrected chi connectivity index (χ0v) is 13.0. The Kier molecular flexibility index (Phi) is 3.92. The highest BCUT2D eigenvalue weighted by molar-refractivity contribution is 7.95. The third-order valence-corrected chi connectivity index (χ3v) is 5.19. The molecule has 2 aromatic rings. The van der Waals surface area contributed by atoms with Gasteiger partial charge in [-0.1, -0.05) is 30.3 Å². The normalized spacial score (nSPS) is 14.2. The number of hydrogen-bond acceptors (Lipinski definition) is 3. The van der Waals surface area contributed by atoms with Crippen molar-refractivity contribution in [3.8, 4) is 0 Å². The lowest BCUT2D eigenvalue weighted by molar-refractivity contribution is 0.0697. The van der Waals surface area contributed by atoms with E-state index in [0.29, 0.717) is 18.7 Å². The summed E-state index contributed by atoms with van der Waals surface area (Å²) in [6, 6.07) is 13.7. The number of nitrogens with zero attached hydrogens (tertiary/aromatic N) is 1. The number of aromatic carboxylic acids is 1. The number of anilines is 1. The Morgan fingerprint density at radius 2 is 1.87 bits per heavy atom. The standard InChI is InChI=1S/C17H15NO4S/c19-17(20)15-6-7-16-14(12-15)8-10-18(16)23(21,22)11-9-13-4-2-1-3-5-13/h1-7,9,11-12H,8,10H2,(H,19,20). The van der Waals surface area contributed by atoms with Crippen molar-refractivity contribution < 1.29 is 18.3 Å². The second-order valence-corrected chi connectivity index (χ2v) is 6.97. The van der Waals surface area contributed by atoms with Crippen molar-refractivity contribution in [2.24, 2.45) is 0 Å². The third-order valence-electron chi connectivity index (χ3n) is 3.72. The third kappa shape index (κ3) is 3.12. The molecule has 0 saturated heterocycles. The fourth-order valence-corrected chi connectivity index (χ4v) is 3.85. The average Bonchev–Trinajstić information content (AvgIpc) is 2.98. The summed E-state index contributed by atoms with van der Waals surface area (Å²) in [5.41, 5.74) is 2.26. The first kappa shape index (κ1) is 15.3. The molecular weight excluding hydrogens is 314 g/mol. The molecule has 1 aliphatic heterocycles. The Morgan fingerprint density at radius 1 is 1.13 bits per heavy atom. The van der Waals surface area contributed by atoms with Crippen molar-refractivity contribution in [1.29, 1.82) is 0 Å². The van der Waals surface area contributed by atoms with Crippen LogP contribution in [0, 0.1) is 0 Å². The van der Waals surface area contributed by atoms with Crippen LogP contribution < -0.4 is 4.31 Å². The summed E-state index contributed by atoms with van der Waals surface area (Å²) < 4.78 is 26.3. The van der Waals surface area contributed by atoms with Crippen LogP contribution in [0.3, 0.4) is 0 Å². The van der Waals surface area contributed by atoms with Gasteiger partial charge in [-0.15, -0.1) is 0 Å². The molecule has 0 unspecified atom stereocenters. The molecule has 1 aliphatic rings. The van der Waals surface area contributed by atoms with E-state index in [0.717, 1.165) is 11.1 Å². The zero-order valence-electron chi connectivity index (χ0n) is 12.2. The number of sulfonamides is 1.